The van der Waals surface area contributed by atoms with E-state index in [0.29, 0.717) is 0 Å². The van der Waals surface area contributed by atoms with Gasteiger partial charge in [-0.25, -0.2) is 4.98 Å². The second-order valence-electron chi connectivity index (χ2n) is 4.42. The van der Waals surface area contributed by atoms with Gasteiger partial charge in [0.15, 0.2) is 0 Å². The van der Waals surface area contributed by atoms with Crippen LogP contribution in [0.2, 0.25) is 0 Å². The molecule has 0 N–H and O–H groups in total. The molecule has 1 aromatic rings. The van der Waals surface area contributed by atoms with Crippen molar-refractivity contribution in [3.05, 3.63) is 23.9 Å². The SMILES string of the molecule is Cc1ccnc(OCCCCCN2CC2)c1. The minimum absolute atomic E-state index is 0.756. The van der Waals surface area contributed by atoms with Crippen LogP contribution in [0.1, 0.15) is 24.8 Å². The molecule has 0 amide bonds. The number of pyridine rings is 1. The molecule has 3 heteroatoms. The molecular formula is C13H20N2O. The van der Waals surface area contributed by atoms with Gasteiger partial charge in [0, 0.05) is 25.4 Å². The lowest BCUT2D eigenvalue weighted by atomic mass is 10.2. The van der Waals surface area contributed by atoms with E-state index >= 15 is 0 Å². The molecule has 3 nitrogen and oxygen atoms in total. The molecule has 16 heavy (non-hydrogen) atoms. The second-order valence-corrected chi connectivity index (χ2v) is 4.42. The first-order chi connectivity index (χ1) is 7.84. The van der Waals surface area contributed by atoms with Gasteiger partial charge in [-0.1, -0.05) is 0 Å². The van der Waals surface area contributed by atoms with E-state index in [-0.39, 0.29) is 0 Å². The molecule has 0 aromatic carbocycles. The summed E-state index contributed by atoms with van der Waals surface area (Å²) in [6, 6.07) is 3.97. The Morgan fingerprint density at radius 3 is 2.94 bits per heavy atom. The van der Waals surface area contributed by atoms with Crippen molar-refractivity contribution >= 4 is 0 Å². The Labute approximate surface area is 97.4 Å². The maximum Gasteiger partial charge on any atom is 0.213 e. The van der Waals surface area contributed by atoms with E-state index in [1.165, 1.54) is 38.0 Å². The number of aromatic nitrogens is 1. The van der Waals surface area contributed by atoms with E-state index in [9.17, 15) is 0 Å². The highest BCUT2D eigenvalue weighted by atomic mass is 16.5. The van der Waals surface area contributed by atoms with E-state index < -0.39 is 0 Å². The Bertz CT molecular complexity index is 323. The highest BCUT2D eigenvalue weighted by Crippen LogP contribution is 2.10. The van der Waals surface area contributed by atoms with Crippen LogP contribution in [0.25, 0.3) is 0 Å². The Balaban J connectivity index is 1.53. The third-order valence-corrected chi connectivity index (χ3v) is 2.80. The number of hydrogen-bond donors (Lipinski definition) is 0. The van der Waals surface area contributed by atoms with Crippen molar-refractivity contribution in [3.63, 3.8) is 0 Å². The summed E-state index contributed by atoms with van der Waals surface area (Å²) in [4.78, 5) is 6.63. The van der Waals surface area contributed by atoms with Crippen molar-refractivity contribution in [3.8, 4) is 5.88 Å². The molecule has 0 radical (unpaired) electrons. The molecule has 0 bridgehead atoms. The number of unbranched alkanes of at least 4 members (excludes halogenated alkanes) is 2. The summed E-state index contributed by atoms with van der Waals surface area (Å²) in [7, 11) is 0. The summed E-state index contributed by atoms with van der Waals surface area (Å²) in [5.41, 5.74) is 1.20. The van der Waals surface area contributed by atoms with E-state index in [0.717, 1.165) is 18.9 Å². The predicted molar refractivity (Wildman–Crippen MR) is 64.8 cm³/mol. The Morgan fingerprint density at radius 1 is 1.31 bits per heavy atom. The van der Waals surface area contributed by atoms with Crippen LogP contribution in [0.15, 0.2) is 18.3 Å². The number of ether oxygens (including phenoxy) is 1. The maximum atomic E-state index is 5.58. The molecule has 1 fully saturated rings. The minimum Gasteiger partial charge on any atom is -0.478 e. The maximum absolute atomic E-state index is 5.58. The lowest BCUT2D eigenvalue weighted by molar-refractivity contribution is 0.292. The summed E-state index contributed by atoms with van der Waals surface area (Å²) in [5, 5.41) is 0. The van der Waals surface area contributed by atoms with Gasteiger partial charge in [0.1, 0.15) is 0 Å². The summed E-state index contributed by atoms with van der Waals surface area (Å²) in [6.45, 7) is 6.73. The zero-order valence-electron chi connectivity index (χ0n) is 9.98. The van der Waals surface area contributed by atoms with Crippen LogP contribution in [0.4, 0.5) is 0 Å². The number of aryl methyl sites for hydroxylation is 1. The molecule has 0 unspecified atom stereocenters. The Morgan fingerprint density at radius 2 is 2.19 bits per heavy atom. The predicted octanol–water partition coefficient (Wildman–Crippen LogP) is 2.25. The molecule has 1 saturated heterocycles. The van der Waals surface area contributed by atoms with Gasteiger partial charge in [-0.05, 0) is 44.4 Å². The molecule has 88 valence electrons. The van der Waals surface area contributed by atoms with Crippen molar-refractivity contribution in [2.24, 2.45) is 0 Å². The van der Waals surface area contributed by atoms with E-state index in [4.69, 9.17) is 4.74 Å². The zero-order chi connectivity index (χ0) is 11.2. The molecule has 0 aliphatic carbocycles. The summed E-state index contributed by atoms with van der Waals surface area (Å²) in [6.07, 6.45) is 5.47. The van der Waals surface area contributed by atoms with Crippen LogP contribution >= 0.6 is 0 Å². The molecule has 1 aliphatic heterocycles. The average molecular weight is 220 g/mol. The van der Waals surface area contributed by atoms with Gasteiger partial charge in [-0.2, -0.15) is 0 Å². The highest BCUT2D eigenvalue weighted by molar-refractivity contribution is 5.18. The van der Waals surface area contributed by atoms with Crippen molar-refractivity contribution < 1.29 is 4.74 Å². The quantitative estimate of drug-likeness (QED) is 0.520. The van der Waals surface area contributed by atoms with Crippen LogP contribution in [-0.4, -0.2) is 36.1 Å². The van der Waals surface area contributed by atoms with Gasteiger partial charge in [-0.15, -0.1) is 0 Å². The molecule has 0 saturated carbocycles. The molecule has 1 aliphatic rings. The lowest BCUT2D eigenvalue weighted by Gasteiger charge is -2.05. The number of nitrogens with zero attached hydrogens (tertiary/aromatic N) is 2. The van der Waals surface area contributed by atoms with E-state index in [1.807, 2.05) is 12.1 Å². The monoisotopic (exact) mass is 220 g/mol. The minimum atomic E-state index is 0.756. The van der Waals surface area contributed by atoms with Gasteiger partial charge >= 0.3 is 0 Å². The van der Waals surface area contributed by atoms with E-state index in [1.54, 1.807) is 6.20 Å². The molecule has 0 atom stereocenters. The summed E-state index contributed by atoms with van der Waals surface area (Å²) in [5.74, 6) is 0.756. The molecular weight excluding hydrogens is 200 g/mol. The normalized spacial score (nSPS) is 15.1. The average Bonchev–Trinajstić information content (AvgIpc) is 3.07. The molecule has 2 heterocycles. The Kier molecular flexibility index (Phi) is 4.17. The van der Waals surface area contributed by atoms with Gasteiger partial charge in [0.2, 0.25) is 5.88 Å². The number of rotatable bonds is 7. The van der Waals surface area contributed by atoms with Crippen LogP contribution in [0.5, 0.6) is 5.88 Å². The van der Waals surface area contributed by atoms with Gasteiger partial charge in [0.05, 0.1) is 6.61 Å². The molecule has 0 spiro atoms. The summed E-state index contributed by atoms with van der Waals surface area (Å²) < 4.78 is 5.58. The van der Waals surface area contributed by atoms with Crippen LogP contribution < -0.4 is 4.74 Å². The third kappa shape index (κ3) is 4.19. The first-order valence-corrected chi connectivity index (χ1v) is 6.12. The van der Waals surface area contributed by atoms with Gasteiger partial charge in [-0.3, -0.25) is 0 Å². The standard InChI is InChI=1S/C13H20N2O/c1-12-5-6-14-13(11-12)16-10-4-2-3-7-15-8-9-15/h5-6,11H,2-4,7-10H2,1H3. The van der Waals surface area contributed by atoms with E-state index in [2.05, 4.69) is 16.8 Å². The van der Waals surface area contributed by atoms with Crippen molar-refractivity contribution in [2.75, 3.05) is 26.2 Å². The van der Waals surface area contributed by atoms with Crippen LogP contribution in [0, 0.1) is 6.92 Å². The fourth-order valence-electron chi connectivity index (χ4n) is 1.67. The van der Waals surface area contributed by atoms with Crippen LogP contribution in [-0.2, 0) is 0 Å². The molecule has 2 rings (SSSR count). The largest absolute Gasteiger partial charge is 0.478 e. The lowest BCUT2D eigenvalue weighted by Crippen LogP contribution is -2.02. The second kappa shape index (κ2) is 5.85. The Hall–Kier alpha value is -1.09. The smallest absolute Gasteiger partial charge is 0.213 e. The van der Waals surface area contributed by atoms with Crippen molar-refractivity contribution in [1.29, 1.82) is 0 Å². The summed E-state index contributed by atoms with van der Waals surface area (Å²) >= 11 is 0. The van der Waals surface area contributed by atoms with Crippen LogP contribution in [0.3, 0.4) is 0 Å². The zero-order valence-corrected chi connectivity index (χ0v) is 9.98. The first-order valence-electron chi connectivity index (χ1n) is 6.12. The van der Waals surface area contributed by atoms with Crippen molar-refractivity contribution in [1.82, 2.24) is 9.88 Å². The topological polar surface area (TPSA) is 25.1 Å². The number of hydrogen-bond acceptors (Lipinski definition) is 3. The fraction of sp³-hybridized carbons (Fsp3) is 0.615. The highest BCUT2D eigenvalue weighted by Gasteiger charge is 2.15. The van der Waals surface area contributed by atoms with Crippen molar-refractivity contribution in [2.45, 2.75) is 26.2 Å². The fourth-order valence-corrected chi connectivity index (χ4v) is 1.67. The van der Waals surface area contributed by atoms with Gasteiger partial charge in [0.25, 0.3) is 0 Å². The first kappa shape index (κ1) is 11.4. The van der Waals surface area contributed by atoms with Gasteiger partial charge < -0.3 is 9.64 Å². The molecule has 1 aromatic heterocycles. The third-order valence-electron chi connectivity index (χ3n) is 2.80.